The quantitative estimate of drug-likeness (QED) is 0.423. The van der Waals surface area contributed by atoms with Crippen molar-refractivity contribution in [2.75, 3.05) is 0 Å². The Labute approximate surface area is 89.1 Å². The molecule has 0 atom stereocenters. The average Bonchev–Trinajstić information content (AvgIpc) is 1.25. The number of rotatable bonds is 0. The zero-order valence-electron chi connectivity index (χ0n) is 5.53. The van der Waals surface area contributed by atoms with E-state index in [1.54, 1.807) is 0 Å². The minimum Gasteiger partial charge on any atom is -0.550 e. The predicted octanol–water partition coefficient (Wildman–Crippen LogP) is -2.87. The number of hydrogen-bond acceptors (Lipinski definition) is 4. The van der Waals surface area contributed by atoms with Gasteiger partial charge in [0.2, 0.25) is 0 Å². The second kappa shape index (κ2) is 16.2. The van der Waals surface area contributed by atoms with Gasteiger partial charge in [-0.25, -0.2) is 0 Å². The van der Waals surface area contributed by atoms with E-state index in [-0.39, 0.29) is 43.8 Å². The standard InChI is InChI=1S/2C2H4O2.Ni.Tl/c2*1-2(3)4;;/h2*1H3,(H,3,4);;/q;;+2;+1/p-2. The molecular formula is C4H6NiO4Tl+. The summed E-state index contributed by atoms with van der Waals surface area (Å²) in [6, 6.07) is 0. The van der Waals surface area contributed by atoms with E-state index in [4.69, 9.17) is 19.8 Å². The van der Waals surface area contributed by atoms with Crippen LogP contribution in [0, 0.1) is 0 Å². The van der Waals surface area contributed by atoms with Gasteiger partial charge in [-0.3, -0.25) is 0 Å². The molecule has 0 saturated heterocycles. The zero-order valence-corrected chi connectivity index (χ0v) is 11.0. The van der Waals surface area contributed by atoms with Crippen LogP contribution in [-0.2, 0) is 26.1 Å². The van der Waals surface area contributed by atoms with Crippen LogP contribution in [0.5, 0.6) is 0 Å². The second-order valence-electron chi connectivity index (χ2n) is 0.983. The van der Waals surface area contributed by atoms with Crippen LogP contribution in [0.15, 0.2) is 0 Å². The van der Waals surface area contributed by atoms with Crippen LogP contribution in [0.3, 0.4) is 0 Å². The molecule has 0 N–H and O–H groups in total. The largest absolute Gasteiger partial charge is 2.00 e. The second-order valence-corrected chi connectivity index (χ2v) is 0.983. The van der Waals surface area contributed by atoms with Crippen LogP contribution in [-0.4, -0.2) is 39.2 Å². The van der Waals surface area contributed by atoms with Gasteiger partial charge in [-0.2, -0.15) is 0 Å². The normalized spacial score (nSPS) is 5.00. The number of carbonyl (C=O) groups excluding carboxylic acids is 2. The first kappa shape index (κ1) is 22.4. The van der Waals surface area contributed by atoms with Gasteiger partial charge in [0.05, 0.1) is 0 Å². The summed E-state index contributed by atoms with van der Waals surface area (Å²) in [6.07, 6.45) is 0. The van der Waals surface area contributed by atoms with E-state index in [0.717, 1.165) is 13.8 Å². The molecule has 0 heterocycles. The number of carbonyl (C=O) groups is 2. The summed E-state index contributed by atoms with van der Waals surface area (Å²) in [5, 5.41) is 17.8. The Balaban J connectivity index is -0.0000000300. The third-order valence-corrected chi connectivity index (χ3v) is 0. The van der Waals surface area contributed by atoms with Crippen molar-refractivity contribution in [1.82, 2.24) is 0 Å². The first-order chi connectivity index (χ1) is 3.46. The van der Waals surface area contributed by atoms with Crippen LogP contribution in [0.4, 0.5) is 0 Å². The number of carboxylic acids is 2. The Morgan fingerprint density at radius 3 is 1.00 bits per heavy atom. The molecule has 0 aromatic heterocycles. The van der Waals surface area contributed by atoms with Gasteiger partial charge in [-0.1, -0.05) is 0 Å². The molecule has 0 aliphatic heterocycles. The molecule has 0 amide bonds. The minimum atomic E-state index is -1.08. The smallest absolute Gasteiger partial charge is 0.550 e. The fourth-order valence-electron chi connectivity index (χ4n) is 0. The topological polar surface area (TPSA) is 80.3 Å². The summed E-state index contributed by atoms with van der Waals surface area (Å²) in [5.74, 6) is -2.17. The molecule has 0 fully saturated rings. The van der Waals surface area contributed by atoms with Crippen molar-refractivity contribution in [3.05, 3.63) is 0 Å². The fraction of sp³-hybridized carbons (Fsp3) is 0.500. The third-order valence-electron chi connectivity index (χ3n) is 0. The molecule has 0 aliphatic carbocycles. The van der Waals surface area contributed by atoms with Crippen molar-refractivity contribution in [3.8, 4) is 0 Å². The third kappa shape index (κ3) is 3580. The van der Waals surface area contributed by atoms with Crippen LogP contribution in [0.1, 0.15) is 13.8 Å². The molecule has 0 radical (unpaired) electrons. The maximum atomic E-state index is 8.89. The van der Waals surface area contributed by atoms with Gasteiger partial charge in [0, 0.05) is 11.9 Å². The van der Waals surface area contributed by atoms with Crippen LogP contribution in [0.25, 0.3) is 0 Å². The Morgan fingerprint density at radius 2 is 1.00 bits per heavy atom. The van der Waals surface area contributed by atoms with Crippen molar-refractivity contribution >= 4 is 39.2 Å². The molecule has 58 valence electrons. The van der Waals surface area contributed by atoms with Crippen molar-refractivity contribution < 1.29 is 36.3 Å². The summed E-state index contributed by atoms with van der Waals surface area (Å²) in [6.45, 7) is 1.94. The van der Waals surface area contributed by atoms with Crippen molar-refractivity contribution in [2.24, 2.45) is 0 Å². The van der Waals surface area contributed by atoms with Gasteiger partial charge < -0.3 is 19.8 Å². The van der Waals surface area contributed by atoms with E-state index in [9.17, 15) is 0 Å². The van der Waals surface area contributed by atoms with Crippen LogP contribution < -0.4 is 10.2 Å². The molecule has 0 aromatic rings. The van der Waals surface area contributed by atoms with Crippen molar-refractivity contribution in [1.29, 1.82) is 0 Å². The average molecular weight is 381 g/mol. The van der Waals surface area contributed by atoms with Gasteiger partial charge in [0.1, 0.15) is 0 Å². The zero-order chi connectivity index (χ0) is 7.15. The molecule has 0 rings (SSSR count). The van der Waals surface area contributed by atoms with E-state index >= 15 is 0 Å². The molecular weight excluding hydrogens is 375 g/mol. The number of hydrogen-bond donors (Lipinski definition) is 0. The molecule has 0 bridgehead atoms. The molecule has 0 saturated carbocycles. The SMILES string of the molecule is CC(=O)[O-].CC(=O)[O-].[Ni+2].[Tl+]. The monoisotopic (exact) mass is 381 g/mol. The Kier molecular flexibility index (Phi) is 36.3. The summed E-state index contributed by atoms with van der Waals surface area (Å²) >= 11 is 0. The molecule has 4 nitrogen and oxygen atoms in total. The van der Waals surface area contributed by atoms with Crippen molar-refractivity contribution in [2.45, 2.75) is 13.8 Å². The Hall–Kier alpha value is 0.356. The van der Waals surface area contributed by atoms with Gasteiger partial charge >= 0.3 is 43.8 Å². The Bertz CT molecular complexity index is 75.3. The molecule has 0 spiro atoms. The van der Waals surface area contributed by atoms with E-state index in [2.05, 4.69) is 0 Å². The van der Waals surface area contributed by atoms with Gasteiger partial charge in [-0.15, -0.1) is 0 Å². The van der Waals surface area contributed by atoms with Crippen LogP contribution >= 0.6 is 0 Å². The summed E-state index contributed by atoms with van der Waals surface area (Å²) < 4.78 is 0. The molecule has 10 heavy (non-hydrogen) atoms. The van der Waals surface area contributed by atoms with Crippen LogP contribution in [0.2, 0.25) is 0 Å². The molecule has 0 unspecified atom stereocenters. The van der Waals surface area contributed by atoms with E-state index in [1.165, 1.54) is 0 Å². The summed E-state index contributed by atoms with van der Waals surface area (Å²) in [7, 11) is 0. The maximum Gasteiger partial charge on any atom is 2.00 e. The Morgan fingerprint density at radius 1 is 1.00 bits per heavy atom. The predicted molar refractivity (Wildman–Crippen MR) is 27.1 cm³/mol. The van der Waals surface area contributed by atoms with E-state index in [0.29, 0.717) is 0 Å². The van der Waals surface area contributed by atoms with Crippen molar-refractivity contribution in [3.63, 3.8) is 0 Å². The fourth-order valence-corrected chi connectivity index (χ4v) is 0. The van der Waals surface area contributed by atoms with E-state index < -0.39 is 11.9 Å². The number of aliphatic carboxylic acids is 2. The van der Waals surface area contributed by atoms with Gasteiger partial charge in [0.15, 0.2) is 0 Å². The summed E-state index contributed by atoms with van der Waals surface area (Å²) in [4.78, 5) is 17.8. The molecule has 0 aromatic carbocycles. The van der Waals surface area contributed by atoms with Gasteiger partial charge in [-0.05, 0) is 13.8 Å². The number of carboxylic acid groups (broad SMARTS) is 2. The first-order valence-corrected chi connectivity index (χ1v) is 1.82. The van der Waals surface area contributed by atoms with E-state index in [1.807, 2.05) is 0 Å². The summed E-state index contributed by atoms with van der Waals surface area (Å²) in [5.41, 5.74) is 0. The van der Waals surface area contributed by atoms with Gasteiger partial charge in [0.25, 0.3) is 0 Å². The molecule has 6 heteroatoms. The minimum absolute atomic E-state index is 0. The first-order valence-electron chi connectivity index (χ1n) is 1.82. The maximum absolute atomic E-state index is 8.89. The molecule has 0 aliphatic rings.